The van der Waals surface area contributed by atoms with E-state index in [1.807, 2.05) is 18.2 Å². The van der Waals surface area contributed by atoms with Crippen LogP contribution in [-0.4, -0.2) is 17.1 Å². The highest BCUT2D eigenvalue weighted by molar-refractivity contribution is 5.90. The van der Waals surface area contributed by atoms with Crippen LogP contribution in [0.15, 0.2) is 48.5 Å². The van der Waals surface area contributed by atoms with E-state index >= 15 is 0 Å². The summed E-state index contributed by atoms with van der Waals surface area (Å²) < 4.78 is 12.9. The molecule has 0 saturated heterocycles. The minimum absolute atomic E-state index is 0.0438. The number of halogens is 1. The van der Waals surface area contributed by atoms with Crippen LogP contribution in [0.2, 0.25) is 0 Å². The molecule has 2 amide bonds. The maximum Gasteiger partial charge on any atom is 0.409 e. The van der Waals surface area contributed by atoms with Gasteiger partial charge in [0.2, 0.25) is 5.91 Å². The van der Waals surface area contributed by atoms with Gasteiger partial charge in [-0.2, -0.15) is 0 Å². The number of rotatable bonds is 5. The minimum atomic E-state index is -1.07. The van der Waals surface area contributed by atoms with Gasteiger partial charge in [-0.3, -0.25) is 10.1 Å². The van der Waals surface area contributed by atoms with Gasteiger partial charge in [-0.25, -0.2) is 9.18 Å². The Bertz CT molecular complexity index is 799. The van der Waals surface area contributed by atoms with Crippen molar-refractivity contribution in [2.45, 2.75) is 38.0 Å². The molecule has 5 nitrogen and oxygen atoms in total. The molecule has 1 aliphatic rings. The molecule has 0 radical (unpaired) electrons. The van der Waals surface area contributed by atoms with Gasteiger partial charge in [0, 0.05) is 17.8 Å². The van der Waals surface area contributed by atoms with E-state index in [1.165, 1.54) is 12.1 Å². The van der Waals surface area contributed by atoms with Crippen LogP contribution in [0.3, 0.4) is 0 Å². The summed E-state index contributed by atoms with van der Waals surface area (Å²) in [5.41, 5.74) is 2.33. The Morgan fingerprint density at radius 3 is 2.33 bits per heavy atom. The van der Waals surface area contributed by atoms with E-state index in [4.69, 9.17) is 5.11 Å². The largest absolute Gasteiger partial charge is 0.465 e. The minimum Gasteiger partial charge on any atom is -0.465 e. The number of nitrogens with one attached hydrogen (secondary N) is 2. The Balaban J connectivity index is 1.49. The normalized spacial score (nSPS) is 19.3. The van der Waals surface area contributed by atoms with Gasteiger partial charge in [0.05, 0.1) is 0 Å². The smallest absolute Gasteiger partial charge is 0.409 e. The third-order valence-corrected chi connectivity index (χ3v) is 5.06. The average molecular weight is 370 g/mol. The topological polar surface area (TPSA) is 78.4 Å². The summed E-state index contributed by atoms with van der Waals surface area (Å²) >= 11 is 0. The maximum atomic E-state index is 12.9. The van der Waals surface area contributed by atoms with E-state index in [2.05, 4.69) is 10.6 Å². The van der Waals surface area contributed by atoms with Crippen molar-refractivity contribution in [3.63, 3.8) is 0 Å². The van der Waals surface area contributed by atoms with Crippen LogP contribution in [0.5, 0.6) is 0 Å². The SMILES string of the molecule is O=C(O)Nc1cccc(C2CCC(CC(=O)Nc3ccc(F)cc3)CC2)c1. The third-order valence-electron chi connectivity index (χ3n) is 5.06. The van der Waals surface area contributed by atoms with Crippen molar-refractivity contribution >= 4 is 23.4 Å². The number of carboxylic acid groups (broad SMARTS) is 1. The van der Waals surface area contributed by atoms with Crippen molar-refractivity contribution in [1.29, 1.82) is 0 Å². The van der Waals surface area contributed by atoms with Crippen LogP contribution < -0.4 is 10.6 Å². The first-order chi connectivity index (χ1) is 13.0. The second kappa shape index (κ2) is 8.66. The molecule has 0 aliphatic heterocycles. The third kappa shape index (κ3) is 5.54. The van der Waals surface area contributed by atoms with Crippen molar-refractivity contribution in [2.75, 3.05) is 10.6 Å². The fraction of sp³-hybridized carbons (Fsp3) is 0.333. The molecule has 2 aromatic rings. The van der Waals surface area contributed by atoms with Crippen molar-refractivity contribution in [3.8, 4) is 0 Å². The van der Waals surface area contributed by atoms with E-state index in [0.29, 0.717) is 29.6 Å². The monoisotopic (exact) mass is 370 g/mol. The molecule has 142 valence electrons. The van der Waals surface area contributed by atoms with Gasteiger partial charge < -0.3 is 10.4 Å². The molecule has 0 unspecified atom stereocenters. The zero-order chi connectivity index (χ0) is 19.2. The number of amides is 2. The van der Waals surface area contributed by atoms with Crippen LogP contribution in [-0.2, 0) is 4.79 Å². The molecule has 2 aromatic carbocycles. The second-order valence-corrected chi connectivity index (χ2v) is 7.03. The van der Waals surface area contributed by atoms with Crippen LogP contribution in [0.4, 0.5) is 20.6 Å². The lowest BCUT2D eigenvalue weighted by atomic mass is 9.77. The molecule has 0 spiro atoms. The van der Waals surface area contributed by atoms with E-state index in [1.54, 1.807) is 18.2 Å². The predicted molar refractivity (Wildman–Crippen MR) is 102 cm³/mol. The number of hydrogen-bond acceptors (Lipinski definition) is 2. The lowest BCUT2D eigenvalue weighted by Gasteiger charge is -2.28. The summed E-state index contributed by atoms with van der Waals surface area (Å²) in [6.45, 7) is 0. The maximum absolute atomic E-state index is 12.9. The van der Waals surface area contributed by atoms with Crippen molar-refractivity contribution in [1.82, 2.24) is 0 Å². The summed E-state index contributed by atoms with van der Waals surface area (Å²) in [5, 5.41) is 14.0. The van der Waals surface area contributed by atoms with Crippen LogP contribution in [0.1, 0.15) is 43.6 Å². The van der Waals surface area contributed by atoms with Crippen molar-refractivity contribution < 1.29 is 19.1 Å². The van der Waals surface area contributed by atoms with Crippen LogP contribution in [0.25, 0.3) is 0 Å². The molecule has 1 saturated carbocycles. The van der Waals surface area contributed by atoms with Gasteiger partial charge >= 0.3 is 6.09 Å². The number of anilines is 2. The molecule has 3 N–H and O–H groups in total. The zero-order valence-electron chi connectivity index (χ0n) is 15.0. The van der Waals surface area contributed by atoms with Gasteiger partial charge in [0.15, 0.2) is 0 Å². The standard InChI is InChI=1S/C21H23FN2O3/c22-17-8-10-18(11-9-17)23-20(25)12-14-4-6-15(7-5-14)16-2-1-3-19(13-16)24-21(26)27/h1-3,8-11,13-15,24H,4-7,12H2,(H,23,25)(H,26,27). The van der Waals surface area contributed by atoms with E-state index in [9.17, 15) is 14.0 Å². The van der Waals surface area contributed by atoms with E-state index in [-0.39, 0.29) is 11.7 Å². The van der Waals surface area contributed by atoms with Gasteiger partial charge in [-0.05, 0) is 79.5 Å². The lowest BCUT2D eigenvalue weighted by Crippen LogP contribution is -2.20. The molecule has 6 heteroatoms. The highest BCUT2D eigenvalue weighted by atomic mass is 19.1. The fourth-order valence-electron chi connectivity index (χ4n) is 3.70. The van der Waals surface area contributed by atoms with E-state index < -0.39 is 6.09 Å². The highest BCUT2D eigenvalue weighted by Gasteiger charge is 2.24. The predicted octanol–water partition coefficient (Wildman–Crippen LogP) is 5.22. The summed E-state index contributed by atoms with van der Waals surface area (Å²) in [5.74, 6) is 0.352. The average Bonchev–Trinajstić information content (AvgIpc) is 2.64. The Morgan fingerprint density at radius 1 is 0.963 bits per heavy atom. The molecule has 0 bridgehead atoms. The molecule has 0 atom stereocenters. The molecule has 0 aromatic heterocycles. The highest BCUT2D eigenvalue weighted by Crippen LogP contribution is 2.37. The Hall–Kier alpha value is -2.89. The summed E-state index contributed by atoms with van der Waals surface area (Å²) in [6, 6.07) is 13.3. The Labute approximate surface area is 157 Å². The quantitative estimate of drug-likeness (QED) is 0.675. The first-order valence-corrected chi connectivity index (χ1v) is 9.15. The number of benzene rings is 2. The van der Waals surface area contributed by atoms with Crippen LogP contribution >= 0.6 is 0 Å². The van der Waals surface area contributed by atoms with Crippen molar-refractivity contribution in [3.05, 3.63) is 59.9 Å². The summed E-state index contributed by atoms with van der Waals surface area (Å²) in [6.07, 6.45) is 3.26. The molecule has 1 aliphatic carbocycles. The van der Waals surface area contributed by atoms with Crippen molar-refractivity contribution in [2.24, 2.45) is 5.92 Å². The second-order valence-electron chi connectivity index (χ2n) is 7.03. The fourth-order valence-corrected chi connectivity index (χ4v) is 3.70. The molecule has 27 heavy (non-hydrogen) atoms. The van der Waals surface area contributed by atoms with Gasteiger partial charge in [0.25, 0.3) is 0 Å². The molecular weight excluding hydrogens is 347 g/mol. The first-order valence-electron chi connectivity index (χ1n) is 9.15. The summed E-state index contributed by atoms with van der Waals surface area (Å²) in [7, 11) is 0. The van der Waals surface area contributed by atoms with E-state index in [0.717, 1.165) is 31.2 Å². The number of carbonyl (C=O) groups excluding carboxylic acids is 1. The summed E-state index contributed by atoms with van der Waals surface area (Å²) in [4.78, 5) is 23.0. The number of hydrogen-bond donors (Lipinski definition) is 3. The molecule has 0 heterocycles. The number of carbonyl (C=O) groups is 2. The van der Waals surface area contributed by atoms with Crippen LogP contribution in [0, 0.1) is 11.7 Å². The van der Waals surface area contributed by atoms with Gasteiger partial charge in [-0.1, -0.05) is 12.1 Å². The molecule has 3 rings (SSSR count). The van der Waals surface area contributed by atoms with Gasteiger partial charge in [-0.15, -0.1) is 0 Å². The molecule has 1 fully saturated rings. The Morgan fingerprint density at radius 2 is 1.67 bits per heavy atom. The molecular formula is C21H23FN2O3. The zero-order valence-corrected chi connectivity index (χ0v) is 15.0. The first kappa shape index (κ1) is 18.9. The Kier molecular flexibility index (Phi) is 6.06. The van der Waals surface area contributed by atoms with Gasteiger partial charge in [0.1, 0.15) is 5.82 Å². The lowest BCUT2D eigenvalue weighted by molar-refractivity contribution is -0.117.